The first-order valence-corrected chi connectivity index (χ1v) is 6.35. The Hall–Kier alpha value is -2.30. The summed E-state index contributed by atoms with van der Waals surface area (Å²) in [7, 11) is 0. The lowest BCUT2D eigenvalue weighted by atomic mass is 10.1. The van der Waals surface area contributed by atoms with Crippen LogP contribution in [0.2, 0.25) is 0 Å². The fourth-order valence-corrected chi connectivity index (χ4v) is 2.55. The number of carbonyl (C=O) groups excluding carboxylic acids is 1. The fourth-order valence-electron chi connectivity index (χ4n) is 2.55. The SMILES string of the molecule is Nc1cnn(CC(=O)NC2Cc3ccccc3C2)c1. The van der Waals surface area contributed by atoms with Crippen LogP contribution in [0.25, 0.3) is 0 Å². The number of amides is 1. The highest BCUT2D eigenvalue weighted by molar-refractivity contribution is 5.76. The predicted molar refractivity (Wildman–Crippen MR) is 72.4 cm³/mol. The van der Waals surface area contributed by atoms with Crippen LogP contribution in [0.3, 0.4) is 0 Å². The van der Waals surface area contributed by atoms with E-state index in [0.29, 0.717) is 5.69 Å². The van der Waals surface area contributed by atoms with Crippen LogP contribution in [0.5, 0.6) is 0 Å². The molecule has 98 valence electrons. The van der Waals surface area contributed by atoms with Crippen molar-refractivity contribution in [2.45, 2.75) is 25.4 Å². The third-order valence-corrected chi connectivity index (χ3v) is 3.37. The second kappa shape index (κ2) is 4.76. The molecule has 1 amide bonds. The molecule has 0 atom stereocenters. The first-order chi connectivity index (χ1) is 9.20. The quantitative estimate of drug-likeness (QED) is 0.851. The van der Waals surface area contributed by atoms with Crippen LogP contribution >= 0.6 is 0 Å². The highest BCUT2D eigenvalue weighted by atomic mass is 16.2. The van der Waals surface area contributed by atoms with Gasteiger partial charge in [0, 0.05) is 12.2 Å². The lowest BCUT2D eigenvalue weighted by molar-refractivity contribution is -0.122. The molecule has 3 N–H and O–H groups in total. The van der Waals surface area contributed by atoms with E-state index in [9.17, 15) is 4.79 Å². The van der Waals surface area contributed by atoms with Crippen molar-refractivity contribution in [2.75, 3.05) is 5.73 Å². The summed E-state index contributed by atoms with van der Waals surface area (Å²) in [5, 5.41) is 7.04. The summed E-state index contributed by atoms with van der Waals surface area (Å²) in [6, 6.07) is 8.51. The summed E-state index contributed by atoms with van der Waals surface area (Å²) < 4.78 is 1.55. The molecular weight excluding hydrogens is 240 g/mol. The number of fused-ring (bicyclic) bond motifs is 1. The second-order valence-electron chi connectivity index (χ2n) is 4.91. The van der Waals surface area contributed by atoms with E-state index in [-0.39, 0.29) is 18.5 Å². The lowest BCUT2D eigenvalue weighted by Gasteiger charge is -2.11. The minimum absolute atomic E-state index is 0.0269. The molecule has 3 rings (SSSR count). The molecule has 0 saturated heterocycles. The summed E-state index contributed by atoms with van der Waals surface area (Å²) in [6.45, 7) is 0.212. The van der Waals surface area contributed by atoms with Crippen LogP contribution in [0.4, 0.5) is 5.69 Å². The summed E-state index contributed by atoms with van der Waals surface area (Å²) >= 11 is 0. The molecule has 19 heavy (non-hydrogen) atoms. The molecule has 0 radical (unpaired) electrons. The summed E-state index contributed by atoms with van der Waals surface area (Å²) in [5.41, 5.74) is 8.79. The Labute approximate surface area is 111 Å². The number of nitrogens with zero attached hydrogens (tertiary/aromatic N) is 2. The van der Waals surface area contributed by atoms with E-state index in [1.165, 1.54) is 11.1 Å². The number of aromatic nitrogens is 2. The van der Waals surface area contributed by atoms with Crippen molar-refractivity contribution < 1.29 is 4.79 Å². The molecule has 0 fully saturated rings. The van der Waals surface area contributed by atoms with Crippen LogP contribution in [0.1, 0.15) is 11.1 Å². The van der Waals surface area contributed by atoms with Gasteiger partial charge in [0.05, 0.1) is 11.9 Å². The van der Waals surface area contributed by atoms with Crippen LogP contribution in [0.15, 0.2) is 36.7 Å². The number of hydrogen-bond acceptors (Lipinski definition) is 3. The standard InChI is InChI=1S/C14H16N4O/c15-12-7-16-18(8-12)9-14(19)17-13-5-10-3-1-2-4-11(10)6-13/h1-4,7-8,13H,5-6,9,15H2,(H,17,19). The molecule has 1 aliphatic carbocycles. The van der Waals surface area contributed by atoms with E-state index in [2.05, 4.69) is 22.5 Å². The number of nitrogens with one attached hydrogen (secondary N) is 1. The molecule has 0 aliphatic heterocycles. The molecule has 2 aromatic rings. The Balaban J connectivity index is 1.57. The van der Waals surface area contributed by atoms with Crippen molar-refractivity contribution in [3.8, 4) is 0 Å². The van der Waals surface area contributed by atoms with E-state index in [1.54, 1.807) is 17.1 Å². The third kappa shape index (κ3) is 2.59. The maximum absolute atomic E-state index is 11.9. The Morgan fingerprint density at radius 2 is 2.05 bits per heavy atom. The maximum Gasteiger partial charge on any atom is 0.241 e. The van der Waals surface area contributed by atoms with Crippen molar-refractivity contribution in [2.24, 2.45) is 0 Å². The minimum Gasteiger partial charge on any atom is -0.396 e. The number of nitrogens with two attached hydrogens (primary N) is 1. The monoisotopic (exact) mass is 256 g/mol. The van der Waals surface area contributed by atoms with Gasteiger partial charge in [-0.2, -0.15) is 5.10 Å². The molecule has 1 aromatic heterocycles. The van der Waals surface area contributed by atoms with Crippen molar-refractivity contribution >= 4 is 11.6 Å². The number of nitrogen functional groups attached to an aromatic ring is 1. The van der Waals surface area contributed by atoms with Crippen molar-refractivity contribution in [1.82, 2.24) is 15.1 Å². The van der Waals surface area contributed by atoms with Crippen LogP contribution in [-0.4, -0.2) is 21.7 Å². The largest absolute Gasteiger partial charge is 0.396 e. The van der Waals surface area contributed by atoms with Crippen LogP contribution < -0.4 is 11.1 Å². The minimum atomic E-state index is -0.0269. The molecule has 0 saturated carbocycles. The molecule has 1 heterocycles. The summed E-state index contributed by atoms with van der Waals surface area (Å²) in [5.74, 6) is -0.0269. The lowest BCUT2D eigenvalue weighted by Crippen LogP contribution is -2.37. The van der Waals surface area contributed by atoms with E-state index < -0.39 is 0 Å². The smallest absolute Gasteiger partial charge is 0.241 e. The van der Waals surface area contributed by atoms with Gasteiger partial charge in [-0.1, -0.05) is 24.3 Å². The van der Waals surface area contributed by atoms with Gasteiger partial charge in [-0.15, -0.1) is 0 Å². The van der Waals surface area contributed by atoms with E-state index in [4.69, 9.17) is 5.73 Å². The first-order valence-electron chi connectivity index (χ1n) is 6.35. The van der Waals surface area contributed by atoms with Crippen molar-refractivity contribution in [3.05, 3.63) is 47.8 Å². The van der Waals surface area contributed by atoms with Crippen LogP contribution in [0, 0.1) is 0 Å². The topological polar surface area (TPSA) is 72.9 Å². The van der Waals surface area contributed by atoms with Gasteiger partial charge in [-0.05, 0) is 24.0 Å². The average molecular weight is 256 g/mol. The molecule has 5 heteroatoms. The Bertz CT molecular complexity index is 580. The Kier molecular flexibility index (Phi) is 2.95. The molecule has 1 aliphatic rings. The molecule has 1 aromatic carbocycles. The van der Waals surface area contributed by atoms with Crippen molar-refractivity contribution in [3.63, 3.8) is 0 Å². The zero-order chi connectivity index (χ0) is 13.2. The predicted octanol–water partition coefficient (Wildman–Crippen LogP) is 0.749. The molecule has 5 nitrogen and oxygen atoms in total. The maximum atomic E-state index is 11.9. The molecule has 0 spiro atoms. The highest BCUT2D eigenvalue weighted by Gasteiger charge is 2.22. The van der Waals surface area contributed by atoms with Gasteiger partial charge in [-0.25, -0.2) is 0 Å². The van der Waals surface area contributed by atoms with Crippen LogP contribution in [-0.2, 0) is 24.2 Å². The van der Waals surface area contributed by atoms with E-state index in [1.807, 2.05) is 12.1 Å². The van der Waals surface area contributed by atoms with Gasteiger partial charge in [0.1, 0.15) is 6.54 Å². The number of benzene rings is 1. The first kappa shape index (κ1) is 11.8. The van der Waals surface area contributed by atoms with Crippen molar-refractivity contribution in [1.29, 1.82) is 0 Å². The Morgan fingerprint density at radius 3 is 2.63 bits per heavy atom. The number of hydrogen-bond donors (Lipinski definition) is 2. The normalized spacial score (nSPS) is 14.3. The van der Waals surface area contributed by atoms with Gasteiger partial charge in [-0.3, -0.25) is 9.48 Å². The number of carbonyl (C=O) groups is 1. The number of anilines is 1. The molecule has 0 unspecified atom stereocenters. The fraction of sp³-hybridized carbons (Fsp3) is 0.286. The van der Waals surface area contributed by atoms with Gasteiger partial charge in [0.25, 0.3) is 0 Å². The highest BCUT2D eigenvalue weighted by Crippen LogP contribution is 2.21. The summed E-state index contributed by atoms with van der Waals surface area (Å²) in [4.78, 5) is 11.9. The van der Waals surface area contributed by atoms with Gasteiger partial charge in [0.2, 0.25) is 5.91 Å². The zero-order valence-electron chi connectivity index (χ0n) is 10.5. The van der Waals surface area contributed by atoms with Gasteiger partial charge < -0.3 is 11.1 Å². The Morgan fingerprint density at radius 1 is 1.37 bits per heavy atom. The zero-order valence-corrected chi connectivity index (χ0v) is 10.5. The third-order valence-electron chi connectivity index (χ3n) is 3.37. The van der Waals surface area contributed by atoms with E-state index in [0.717, 1.165) is 12.8 Å². The molecule has 0 bridgehead atoms. The van der Waals surface area contributed by atoms with E-state index >= 15 is 0 Å². The molecular formula is C14H16N4O. The average Bonchev–Trinajstić information content (AvgIpc) is 2.94. The van der Waals surface area contributed by atoms with Gasteiger partial charge >= 0.3 is 0 Å². The number of rotatable bonds is 3. The van der Waals surface area contributed by atoms with Gasteiger partial charge in [0.15, 0.2) is 0 Å². The second-order valence-corrected chi connectivity index (χ2v) is 4.91. The summed E-state index contributed by atoms with van der Waals surface area (Å²) in [6.07, 6.45) is 5.01.